The molecule has 3 aromatic carbocycles. The van der Waals surface area contributed by atoms with Gasteiger partial charge in [-0.2, -0.15) is 5.26 Å². The number of hydrogen-bond acceptors (Lipinski definition) is 5. The van der Waals surface area contributed by atoms with Crippen molar-refractivity contribution >= 4 is 29.2 Å². The summed E-state index contributed by atoms with van der Waals surface area (Å²) in [6.45, 7) is 1.96. The monoisotopic (exact) mass is 416 g/mol. The number of carboxylic acid groups (broad SMARTS) is 1. The van der Waals surface area contributed by atoms with Crippen molar-refractivity contribution in [1.82, 2.24) is 0 Å². The van der Waals surface area contributed by atoms with Crippen molar-refractivity contribution in [2.45, 2.75) is 18.2 Å². The number of ketones is 1. The number of carbonyl (C=O) groups excluding carboxylic acids is 1. The molecule has 2 N–H and O–H groups in total. The smallest absolute Gasteiger partial charge is 0.337 e. The number of carbonyl (C=O) groups is 2. The number of thiocyanates is 1. The van der Waals surface area contributed by atoms with E-state index in [1.807, 2.05) is 42.7 Å². The summed E-state index contributed by atoms with van der Waals surface area (Å²) in [4.78, 5) is 25.0. The Labute approximate surface area is 179 Å². The molecule has 6 heteroatoms. The van der Waals surface area contributed by atoms with Crippen molar-refractivity contribution in [2.24, 2.45) is 0 Å². The van der Waals surface area contributed by atoms with Gasteiger partial charge in [-0.15, -0.1) is 0 Å². The molecule has 0 aliphatic heterocycles. The van der Waals surface area contributed by atoms with Crippen molar-refractivity contribution in [3.05, 3.63) is 101 Å². The molecular formula is C24H20N2O3S. The third-order valence-corrected chi connectivity index (χ3v) is 5.55. The van der Waals surface area contributed by atoms with E-state index in [1.165, 1.54) is 6.07 Å². The molecule has 0 bridgehead atoms. The number of benzene rings is 3. The van der Waals surface area contributed by atoms with Crippen LogP contribution in [0.25, 0.3) is 0 Å². The zero-order valence-corrected chi connectivity index (χ0v) is 17.1. The zero-order chi connectivity index (χ0) is 21.5. The molecule has 0 spiro atoms. The second kappa shape index (κ2) is 9.77. The van der Waals surface area contributed by atoms with Crippen molar-refractivity contribution in [2.75, 3.05) is 5.32 Å². The Kier molecular flexibility index (Phi) is 6.89. The van der Waals surface area contributed by atoms with Crippen molar-refractivity contribution in [3.8, 4) is 5.40 Å². The number of Topliss-reactive ketones (excluding diaryl/α,β-unsaturated/α-hetero) is 1. The first kappa shape index (κ1) is 21.2. The number of nitriles is 1. The SMILES string of the molecule is Cc1ccc(C(Nc2ccccc2C(=O)O)C(SC#N)C(=O)c2ccccc2)cc1. The average Bonchev–Trinajstić information content (AvgIpc) is 2.77. The highest BCUT2D eigenvalue weighted by Crippen LogP contribution is 2.33. The number of rotatable bonds is 8. The van der Waals surface area contributed by atoms with Crippen LogP contribution in [0.1, 0.15) is 37.9 Å². The van der Waals surface area contributed by atoms with E-state index in [-0.39, 0.29) is 11.3 Å². The number of aryl methyl sites for hydroxylation is 1. The largest absolute Gasteiger partial charge is 0.478 e. The van der Waals surface area contributed by atoms with Gasteiger partial charge in [0.2, 0.25) is 0 Å². The molecule has 3 rings (SSSR count). The Morgan fingerprint density at radius 1 is 0.967 bits per heavy atom. The van der Waals surface area contributed by atoms with E-state index in [0.717, 1.165) is 22.9 Å². The maximum absolute atomic E-state index is 13.3. The molecule has 3 aromatic rings. The molecule has 2 atom stereocenters. The van der Waals surface area contributed by atoms with Crippen LogP contribution in [-0.4, -0.2) is 22.1 Å². The number of hydrogen-bond donors (Lipinski definition) is 2. The normalized spacial score (nSPS) is 12.4. The lowest BCUT2D eigenvalue weighted by molar-refractivity contribution is 0.0697. The molecule has 30 heavy (non-hydrogen) atoms. The summed E-state index contributed by atoms with van der Waals surface area (Å²) >= 11 is 0.866. The van der Waals surface area contributed by atoms with Crippen LogP contribution >= 0.6 is 11.8 Å². The molecule has 150 valence electrons. The zero-order valence-electron chi connectivity index (χ0n) is 16.3. The summed E-state index contributed by atoms with van der Waals surface area (Å²) in [5.41, 5.74) is 2.83. The molecule has 2 unspecified atom stereocenters. The number of aromatic carboxylic acids is 1. The van der Waals surface area contributed by atoms with Crippen LogP contribution in [0.5, 0.6) is 0 Å². The number of thioether (sulfide) groups is 1. The highest BCUT2D eigenvalue weighted by molar-refractivity contribution is 8.05. The first-order valence-corrected chi connectivity index (χ1v) is 10.2. The quantitative estimate of drug-likeness (QED) is 0.382. The van der Waals surface area contributed by atoms with E-state index in [9.17, 15) is 20.0 Å². The predicted octanol–water partition coefficient (Wildman–Crippen LogP) is 5.31. The molecule has 0 aromatic heterocycles. The van der Waals surface area contributed by atoms with E-state index < -0.39 is 17.3 Å². The predicted molar refractivity (Wildman–Crippen MR) is 119 cm³/mol. The van der Waals surface area contributed by atoms with Gasteiger partial charge in [-0.25, -0.2) is 4.79 Å². The van der Waals surface area contributed by atoms with Gasteiger partial charge in [0, 0.05) is 11.3 Å². The van der Waals surface area contributed by atoms with Gasteiger partial charge >= 0.3 is 5.97 Å². The summed E-state index contributed by atoms with van der Waals surface area (Å²) in [7, 11) is 0. The van der Waals surface area contributed by atoms with Crippen LogP contribution in [-0.2, 0) is 0 Å². The van der Waals surface area contributed by atoms with Crippen LogP contribution in [0.3, 0.4) is 0 Å². The Morgan fingerprint density at radius 2 is 1.60 bits per heavy atom. The van der Waals surface area contributed by atoms with Gasteiger partial charge in [-0.3, -0.25) is 4.79 Å². The highest BCUT2D eigenvalue weighted by atomic mass is 32.2. The molecular weight excluding hydrogens is 396 g/mol. The van der Waals surface area contributed by atoms with Crippen molar-refractivity contribution in [3.63, 3.8) is 0 Å². The third-order valence-electron chi connectivity index (χ3n) is 4.70. The molecule has 0 amide bonds. The van der Waals surface area contributed by atoms with Gasteiger partial charge in [0.15, 0.2) is 5.78 Å². The van der Waals surface area contributed by atoms with Crippen molar-refractivity contribution < 1.29 is 14.7 Å². The van der Waals surface area contributed by atoms with Crippen LogP contribution < -0.4 is 5.32 Å². The number of nitrogens with zero attached hydrogens (tertiary/aromatic N) is 1. The molecule has 5 nitrogen and oxygen atoms in total. The first-order valence-electron chi connectivity index (χ1n) is 9.30. The standard InChI is InChI=1S/C24H20N2O3S/c1-16-11-13-17(14-12-16)21(26-20-10-6-5-9-19(20)24(28)29)23(30-15-25)22(27)18-7-3-2-4-8-18/h2-14,21,23,26H,1H3,(H,28,29). The number of carboxylic acids is 1. The lowest BCUT2D eigenvalue weighted by atomic mass is 9.96. The van der Waals surface area contributed by atoms with E-state index in [1.54, 1.807) is 42.5 Å². The van der Waals surface area contributed by atoms with Gasteiger partial charge in [0.1, 0.15) is 10.7 Å². The summed E-state index contributed by atoms with van der Waals surface area (Å²) < 4.78 is 0. The fraction of sp³-hybridized carbons (Fsp3) is 0.125. The molecule has 0 aliphatic carbocycles. The van der Waals surface area contributed by atoms with Gasteiger partial charge in [0.05, 0.1) is 11.6 Å². The summed E-state index contributed by atoms with van der Waals surface area (Å²) in [6, 6.07) is 22.3. The minimum atomic E-state index is -1.07. The highest BCUT2D eigenvalue weighted by Gasteiger charge is 2.32. The van der Waals surface area contributed by atoms with E-state index in [4.69, 9.17) is 0 Å². The van der Waals surface area contributed by atoms with Crippen LogP contribution in [0.15, 0.2) is 78.9 Å². The molecule has 0 radical (unpaired) electrons. The Morgan fingerprint density at radius 3 is 2.23 bits per heavy atom. The van der Waals surface area contributed by atoms with Gasteiger partial charge in [-0.1, -0.05) is 72.3 Å². The first-order chi connectivity index (χ1) is 14.5. The van der Waals surface area contributed by atoms with Crippen molar-refractivity contribution in [1.29, 1.82) is 5.26 Å². The van der Waals surface area contributed by atoms with E-state index in [2.05, 4.69) is 5.32 Å². The molecule has 0 aliphatic rings. The summed E-state index contributed by atoms with van der Waals surface area (Å²) in [6.07, 6.45) is 0. The van der Waals surface area contributed by atoms with Crippen LogP contribution in [0, 0.1) is 17.6 Å². The van der Waals surface area contributed by atoms with E-state index >= 15 is 0 Å². The number of para-hydroxylation sites is 1. The van der Waals surface area contributed by atoms with E-state index in [0.29, 0.717) is 11.3 Å². The Hall–Kier alpha value is -3.56. The number of nitrogens with one attached hydrogen (secondary N) is 1. The minimum Gasteiger partial charge on any atom is -0.478 e. The average molecular weight is 417 g/mol. The molecule has 0 saturated heterocycles. The molecule has 0 heterocycles. The van der Waals surface area contributed by atoms with Gasteiger partial charge in [0.25, 0.3) is 0 Å². The lowest BCUT2D eigenvalue weighted by Gasteiger charge is -2.27. The second-order valence-corrected chi connectivity index (χ2v) is 7.67. The topological polar surface area (TPSA) is 90.2 Å². The van der Waals surface area contributed by atoms with Crippen LogP contribution in [0.2, 0.25) is 0 Å². The van der Waals surface area contributed by atoms with Gasteiger partial charge < -0.3 is 10.4 Å². The summed E-state index contributed by atoms with van der Waals surface area (Å²) in [5.74, 6) is -1.27. The molecule has 0 saturated carbocycles. The third kappa shape index (κ3) is 4.88. The maximum atomic E-state index is 13.3. The fourth-order valence-electron chi connectivity index (χ4n) is 3.17. The van der Waals surface area contributed by atoms with Gasteiger partial charge in [-0.05, 0) is 36.4 Å². The van der Waals surface area contributed by atoms with Crippen LogP contribution in [0.4, 0.5) is 5.69 Å². The lowest BCUT2D eigenvalue weighted by Crippen LogP contribution is -2.31. The Balaban J connectivity index is 2.08. The minimum absolute atomic E-state index is 0.0995. The second-order valence-electron chi connectivity index (χ2n) is 6.74. The maximum Gasteiger partial charge on any atom is 0.337 e. The summed E-state index contributed by atoms with van der Waals surface area (Å²) in [5, 5.41) is 23.5. The number of anilines is 1. The fourth-order valence-corrected chi connectivity index (χ4v) is 3.88. The Bertz CT molecular complexity index is 1080. The molecule has 0 fully saturated rings.